The van der Waals surface area contributed by atoms with E-state index in [-0.39, 0.29) is 33.9 Å². The zero-order chi connectivity index (χ0) is 27.7. The Morgan fingerprint density at radius 1 is 1.21 bits per heavy atom. The summed E-state index contributed by atoms with van der Waals surface area (Å²) in [6.45, 7) is 0.402. The predicted octanol–water partition coefficient (Wildman–Crippen LogP) is 2.95. The molecule has 0 unspecified atom stereocenters. The lowest BCUT2D eigenvalue weighted by Gasteiger charge is -2.26. The number of hydrogen-bond acceptors (Lipinski definition) is 9. The molecule has 2 saturated carbocycles. The number of aromatic nitrogens is 4. The summed E-state index contributed by atoms with van der Waals surface area (Å²) in [6, 6.07) is 4.90. The molecular formula is C23H23F2N7O4S3. The van der Waals surface area contributed by atoms with Crippen LogP contribution in [0.15, 0.2) is 23.1 Å². The highest BCUT2D eigenvalue weighted by Gasteiger charge is 2.47. The van der Waals surface area contributed by atoms with Gasteiger partial charge in [0, 0.05) is 31.1 Å². The maximum absolute atomic E-state index is 13.4. The van der Waals surface area contributed by atoms with E-state index in [1.54, 1.807) is 13.1 Å². The van der Waals surface area contributed by atoms with Crippen molar-refractivity contribution in [2.75, 3.05) is 13.1 Å². The van der Waals surface area contributed by atoms with Gasteiger partial charge in [0.2, 0.25) is 20.0 Å². The van der Waals surface area contributed by atoms with Gasteiger partial charge in [-0.15, -0.1) is 10.2 Å². The number of alkyl halides is 2. The van der Waals surface area contributed by atoms with E-state index in [9.17, 15) is 30.9 Å². The van der Waals surface area contributed by atoms with Crippen LogP contribution in [0, 0.1) is 11.3 Å². The van der Waals surface area contributed by atoms with Crippen LogP contribution in [0.3, 0.4) is 0 Å². The first-order valence-electron chi connectivity index (χ1n) is 12.2. The molecule has 2 fully saturated rings. The standard InChI is InChI=1S/C23H23F2N7O4S3/c1-31-19-16(13-4-8-32(9-5-13)39(35,36)14-2-3-14)10-15(38(33,34)30-23(12-26)6-7-23)11-17(19)18(29-31)21-27-28-22(37-21)20(24)25/h4,10-11,14,20,30H,2-3,5-9H2,1H3. The molecule has 0 amide bonds. The predicted molar refractivity (Wildman–Crippen MR) is 139 cm³/mol. The highest BCUT2D eigenvalue weighted by Crippen LogP contribution is 2.41. The van der Waals surface area contributed by atoms with Crippen molar-refractivity contribution >= 4 is 47.9 Å². The summed E-state index contributed by atoms with van der Waals surface area (Å²) in [7, 11) is -5.87. The highest BCUT2D eigenvalue weighted by atomic mass is 32.2. The molecule has 1 N–H and O–H groups in total. The van der Waals surface area contributed by atoms with Crippen molar-refractivity contribution < 1.29 is 25.6 Å². The van der Waals surface area contributed by atoms with Gasteiger partial charge in [-0.1, -0.05) is 17.4 Å². The van der Waals surface area contributed by atoms with Crippen molar-refractivity contribution in [3.8, 4) is 16.8 Å². The van der Waals surface area contributed by atoms with Gasteiger partial charge in [-0.2, -0.15) is 19.4 Å². The van der Waals surface area contributed by atoms with Gasteiger partial charge in [-0.05, 0) is 49.8 Å². The van der Waals surface area contributed by atoms with Crippen LogP contribution in [0.2, 0.25) is 0 Å². The van der Waals surface area contributed by atoms with Crippen LogP contribution in [0.5, 0.6) is 0 Å². The van der Waals surface area contributed by atoms with Gasteiger partial charge < -0.3 is 0 Å². The van der Waals surface area contributed by atoms with Crippen molar-refractivity contribution in [1.82, 2.24) is 29.0 Å². The normalized spacial score (nSPS) is 19.8. The number of nitrogens with one attached hydrogen (secondary N) is 1. The number of nitrogens with zero attached hydrogens (tertiary/aromatic N) is 6. The quantitative estimate of drug-likeness (QED) is 0.418. The highest BCUT2D eigenvalue weighted by molar-refractivity contribution is 7.90. The third-order valence-electron chi connectivity index (χ3n) is 7.17. The van der Waals surface area contributed by atoms with Crippen molar-refractivity contribution in [3.63, 3.8) is 0 Å². The van der Waals surface area contributed by atoms with Crippen LogP contribution in [0.1, 0.15) is 49.1 Å². The second-order valence-corrected chi connectivity index (χ2v) is 14.9. The number of benzene rings is 1. The number of halogens is 2. The van der Waals surface area contributed by atoms with E-state index >= 15 is 0 Å². The molecule has 6 rings (SSSR count). The fourth-order valence-electron chi connectivity index (χ4n) is 4.75. The smallest absolute Gasteiger partial charge is 0.267 e. The third kappa shape index (κ3) is 4.65. The Bertz CT molecular complexity index is 1780. The van der Waals surface area contributed by atoms with Gasteiger partial charge in [0.25, 0.3) is 6.43 Å². The average Bonchev–Trinajstić information content (AvgIpc) is 3.82. The second kappa shape index (κ2) is 9.10. The topological polar surface area (TPSA) is 151 Å². The van der Waals surface area contributed by atoms with E-state index in [0.717, 1.165) is 5.57 Å². The molecule has 0 atom stereocenters. The number of aryl methyl sites for hydroxylation is 1. The first kappa shape index (κ1) is 26.4. The Labute approximate surface area is 227 Å². The molecule has 1 aromatic carbocycles. The molecule has 0 radical (unpaired) electrons. The van der Waals surface area contributed by atoms with Crippen LogP contribution < -0.4 is 4.72 Å². The van der Waals surface area contributed by atoms with Crippen LogP contribution >= 0.6 is 11.3 Å². The van der Waals surface area contributed by atoms with Crippen LogP contribution in [-0.4, -0.2) is 65.0 Å². The number of sulfonamides is 2. The molecule has 2 aromatic heterocycles. The molecule has 11 nitrogen and oxygen atoms in total. The van der Waals surface area contributed by atoms with Gasteiger partial charge in [-0.25, -0.2) is 25.6 Å². The first-order valence-corrected chi connectivity index (χ1v) is 16.0. The minimum atomic E-state index is -4.15. The molecule has 2 aliphatic carbocycles. The molecule has 206 valence electrons. The van der Waals surface area contributed by atoms with Crippen molar-refractivity contribution in [1.29, 1.82) is 5.26 Å². The largest absolute Gasteiger partial charge is 0.291 e. The summed E-state index contributed by atoms with van der Waals surface area (Å²) in [6.07, 6.45) is 1.40. The number of hydrogen-bond donors (Lipinski definition) is 1. The molecule has 0 bridgehead atoms. The Morgan fingerprint density at radius 3 is 2.51 bits per heavy atom. The van der Waals surface area contributed by atoms with Gasteiger partial charge in [0.15, 0.2) is 10.0 Å². The summed E-state index contributed by atoms with van der Waals surface area (Å²) < 4.78 is 84.2. The molecule has 3 aromatic rings. The van der Waals surface area contributed by atoms with Crippen molar-refractivity contribution in [2.45, 2.75) is 54.2 Å². The molecule has 39 heavy (non-hydrogen) atoms. The van der Waals surface area contributed by atoms with E-state index in [2.05, 4.69) is 20.0 Å². The lowest BCUT2D eigenvalue weighted by atomic mass is 9.97. The van der Waals surface area contributed by atoms with Gasteiger partial charge in [0.1, 0.15) is 11.2 Å². The van der Waals surface area contributed by atoms with Crippen LogP contribution in [0.25, 0.3) is 27.2 Å². The minimum absolute atomic E-state index is 0.111. The second-order valence-electron chi connectivity index (χ2n) is 9.97. The van der Waals surface area contributed by atoms with E-state index in [1.807, 2.05) is 6.07 Å². The Morgan fingerprint density at radius 2 is 1.95 bits per heavy atom. The number of nitriles is 1. The summed E-state index contributed by atoms with van der Waals surface area (Å²) in [5.74, 6) is 0. The van der Waals surface area contributed by atoms with E-state index in [0.29, 0.717) is 59.9 Å². The summed E-state index contributed by atoms with van der Waals surface area (Å²) in [4.78, 5) is -0.117. The molecule has 3 aliphatic rings. The van der Waals surface area contributed by atoms with E-state index < -0.39 is 37.0 Å². The summed E-state index contributed by atoms with van der Waals surface area (Å²) in [5, 5.41) is 21.0. The van der Waals surface area contributed by atoms with Gasteiger partial charge in [0.05, 0.1) is 21.7 Å². The Hall–Kier alpha value is -2.84. The van der Waals surface area contributed by atoms with Crippen molar-refractivity contribution in [3.05, 3.63) is 28.8 Å². The molecule has 3 heterocycles. The first-order chi connectivity index (χ1) is 18.4. The SMILES string of the molecule is Cn1nc(-c2nnc(C(F)F)s2)c2cc(S(=O)(=O)NC3(C#N)CC3)cc(C3=CCN(S(=O)(=O)C4CC4)CC3)c21. The fraction of sp³-hybridized carbons (Fsp3) is 0.478. The minimum Gasteiger partial charge on any atom is -0.267 e. The Kier molecular flexibility index (Phi) is 6.15. The molecule has 0 spiro atoms. The maximum atomic E-state index is 13.4. The van der Waals surface area contributed by atoms with Crippen molar-refractivity contribution in [2.24, 2.45) is 7.05 Å². The van der Waals surface area contributed by atoms with Crippen LogP contribution in [0.4, 0.5) is 8.78 Å². The van der Waals surface area contributed by atoms with Gasteiger partial charge in [-0.3, -0.25) is 4.68 Å². The monoisotopic (exact) mass is 595 g/mol. The Balaban J connectivity index is 1.49. The molecule has 1 aliphatic heterocycles. The molecular weight excluding hydrogens is 572 g/mol. The zero-order valence-electron chi connectivity index (χ0n) is 20.6. The zero-order valence-corrected chi connectivity index (χ0v) is 23.1. The lowest BCUT2D eigenvalue weighted by molar-refractivity contribution is 0.150. The lowest BCUT2D eigenvalue weighted by Crippen LogP contribution is -2.37. The number of fused-ring (bicyclic) bond motifs is 1. The fourth-order valence-corrected chi connectivity index (χ4v) is 8.66. The molecule has 16 heteroatoms. The maximum Gasteiger partial charge on any atom is 0.291 e. The van der Waals surface area contributed by atoms with E-state index in [4.69, 9.17) is 0 Å². The van der Waals surface area contributed by atoms with E-state index in [1.165, 1.54) is 21.1 Å². The average molecular weight is 596 g/mol. The van der Waals surface area contributed by atoms with Gasteiger partial charge >= 0.3 is 0 Å². The van der Waals surface area contributed by atoms with Crippen LogP contribution in [-0.2, 0) is 27.1 Å². The third-order valence-corrected chi connectivity index (χ3v) is 12.0. The number of rotatable bonds is 8. The summed E-state index contributed by atoms with van der Waals surface area (Å²) >= 11 is 0.668. The summed E-state index contributed by atoms with van der Waals surface area (Å²) in [5.41, 5.74) is 0.854. The molecule has 0 saturated heterocycles.